The van der Waals surface area contributed by atoms with Crippen LogP contribution in [0.15, 0.2) is 134 Å². The molecule has 0 spiro atoms. The molecule has 2 fully saturated rings. The average molecular weight is 912 g/mol. The van der Waals surface area contributed by atoms with Gasteiger partial charge >= 0.3 is 6.09 Å². The van der Waals surface area contributed by atoms with E-state index in [4.69, 9.17) is 33.7 Å². The fourth-order valence-corrected chi connectivity index (χ4v) is 9.71. The summed E-state index contributed by atoms with van der Waals surface area (Å²) < 4.78 is 5.88. The van der Waals surface area contributed by atoms with Crippen LogP contribution >= 0.6 is 23.2 Å². The molecular weight excluding hydrogens is 860 g/mol. The van der Waals surface area contributed by atoms with E-state index in [-0.39, 0.29) is 54.0 Å². The van der Waals surface area contributed by atoms with Gasteiger partial charge in [-0.25, -0.2) is 24.7 Å². The van der Waals surface area contributed by atoms with E-state index in [2.05, 4.69) is 55.6 Å². The molecule has 9 rings (SSSR count). The number of hydrogen-bond donors (Lipinski definition) is 2. The minimum atomic E-state index is -0.435. The first-order valence-electron chi connectivity index (χ1n) is 22.2. The lowest BCUT2D eigenvalue weighted by atomic mass is 9.86. The molecule has 0 bridgehead atoms. The molecule has 6 aromatic rings. The molecule has 3 aliphatic rings. The Morgan fingerprint density at radius 3 is 1.57 bits per heavy atom. The Balaban J connectivity index is 0.000000204. The first-order valence-corrected chi connectivity index (χ1v) is 22.9. The van der Waals surface area contributed by atoms with Gasteiger partial charge in [0.15, 0.2) is 0 Å². The largest absolute Gasteiger partial charge is 0.449 e. The lowest BCUT2D eigenvalue weighted by molar-refractivity contribution is 0.0649. The number of nitrogens with zero attached hydrogens (tertiary/aromatic N) is 6. The summed E-state index contributed by atoms with van der Waals surface area (Å²) in [6.45, 7) is 2.80. The fraction of sp³-hybridized carbons (Fsp3) is 0.314. The van der Waals surface area contributed by atoms with Gasteiger partial charge in [0.2, 0.25) is 11.6 Å². The molecule has 3 amide bonds. The summed E-state index contributed by atoms with van der Waals surface area (Å²) in [6.07, 6.45) is 10.6. The maximum absolute atomic E-state index is 13.3. The van der Waals surface area contributed by atoms with Crippen molar-refractivity contribution in [3.63, 3.8) is 0 Å². The number of nitrogens with two attached hydrogens (primary N) is 1. The minimum absolute atomic E-state index is 0.00557. The van der Waals surface area contributed by atoms with Gasteiger partial charge in [-0.3, -0.25) is 9.59 Å². The number of aromatic nitrogens is 4. The SMILES string of the molecule is N[C@H](Cc1cccc(Cl)c1)C1CCN(C(=O)c2ncccn2)CC1.O=C(NC(Cc1cccc(Cl)c1)C1CCN(C(=O)c2ncccn2)CC1)OCC1c2ccccc2-c2ccccc21. The predicted molar refractivity (Wildman–Crippen MR) is 252 cm³/mol. The normalized spacial score (nSPS) is 16.0. The maximum Gasteiger partial charge on any atom is 0.407 e. The van der Waals surface area contributed by atoms with Crippen molar-refractivity contribution in [3.05, 3.63) is 178 Å². The number of carbonyl (C=O) groups is 3. The molecule has 4 heterocycles. The number of benzene rings is 4. The number of amides is 3. The van der Waals surface area contributed by atoms with Crippen molar-refractivity contribution in [2.75, 3.05) is 32.8 Å². The number of piperidine rings is 2. The van der Waals surface area contributed by atoms with Crippen molar-refractivity contribution in [1.29, 1.82) is 0 Å². The molecular formula is C51H52Cl2N8O4. The molecule has 0 saturated carbocycles. The molecule has 2 atom stereocenters. The van der Waals surface area contributed by atoms with E-state index in [0.717, 1.165) is 48.3 Å². The fourth-order valence-electron chi connectivity index (χ4n) is 9.29. The van der Waals surface area contributed by atoms with E-state index < -0.39 is 6.09 Å². The number of nitrogens with one attached hydrogen (secondary N) is 1. The highest BCUT2D eigenvalue weighted by atomic mass is 35.5. The molecule has 0 radical (unpaired) electrons. The van der Waals surface area contributed by atoms with Crippen LogP contribution in [0, 0.1) is 11.8 Å². The summed E-state index contributed by atoms with van der Waals surface area (Å²) >= 11 is 12.3. The lowest BCUT2D eigenvalue weighted by Crippen LogP contribution is -2.48. The second kappa shape index (κ2) is 21.6. The highest BCUT2D eigenvalue weighted by Gasteiger charge is 2.33. The van der Waals surface area contributed by atoms with Crippen LogP contribution in [0.1, 0.15) is 75.1 Å². The Morgan fingerprint density at radius 1 is 0.615 bits per heavy atom. The van der Waals surface area contributed by atoms with Gasteiger partial charge in [0.05, 0.1) is 0 Å². The quantitative estimate of drug-likeness (QED) is 0.130. The zero-order valence-corrected chi connectivity index (χ0v) is 37.5. The van der Waals surface area contributed by atoms with Crippen LogP contribution in [0.4, 0.5) is 4.79 Å². The molecule has 1 aliphatic carbocycles. The van der Waals surface area contributed by atoms with Crippen molar-refractivity contribution in [3.8, 4) is 11.1 Å². The highest BCUT2D eigenvalue weighted by molar-refractivity contribution is 6.30. The zero-order chi connectivity index (χ0) is 45.1. The van der Waals surface area contributed by atoms with Gasteiger partial charge in [0.1, 0.15) is 6.61 Å². The Kier molecular flexibility index (Phi) is 15.1. The first kappa shape index (κ1) is 45.4. The molecule has 334 valence electrons. The Morgan fingerprint density at radius 2 is 1.08 bits per heavy atom. The van der Waals surface area contributed by atoms with E-state index >= 15 is 0 Å². The number of likely N-dealkylation sites (tertiary alicyclic amines) is 2. The number of halogens is 2. The van der Waals surface area contributed by atoms with Crippen LogP contribution in [-0.4, -0.2) is 92.5 Å². The van der Waals surface area contributed by atoms with Gasteiger partial charge in [-0.1, -0.05) is 96.0 Å². The smallest absolute Gasteiger partial charge is 0.407 e. The van der Waals surface area contributed by atoms with Crippen molar-refractivity contribution in [2.24, 2.45) is 17.6 Å². The highest BCUT2D eigenvalue weighted by Crippen LogP contribution is 2.44. The van der Waals surface area contributed by atoms with Crippen LogP contribution in [0.3, 0.4) is 0 Å². The Labute approximate surface area is 389 Å². The molecule has 2 aromatic heterocycles. The van der Waals surface area contributed by atoms with E-state index in [0.29, 0.717) is 43.5 Å². The molecule has 2 saturated heterocycles. The van der Waals surface area contributed by atoms with Gasteiger partial charge in [-0.15, -0.1) is 0 Å². The number of hydrogen-bond acceptors (Lipinski definition) is 9. The minimum Gasteiger partial charge on any atom is -0.449 e. The molecule has 12 nitrogen and oxygen atoms in total. The van der Waals surface area contributed by atoms with Crippen LogP contribution in [-0.2, 0) is 17.6 Å². The third-order valence-corrected chi connectivity index (χ3v) is 13.2. The third-order valence-electron chi connectivity index (χ3n) is 12.7. The maximum atomic E-state index is 13.3. The van der Waals surface area contributed by atoms with Gasteiger partial charge in [0, 0.05) is 79.0 Å². The molecule has 14 heteroatoms. The second-order valence-corrected chi connectivity index (χ2v) is 17.7. The van der Waals surface area contributed by atoms with Gasteiger partial charge in [0.25, 0.3) is 11.8 Å². The lowest BCUT2D eigenvalue weighted by Gasteiger charge is -2.36. The zero-order valence-electron chi connectivity index (χ0n) is 36.0. The van der Waals surface area contributed by atoms with Gasteiger partial charge < -0.3 is 25.6 Å². The molecule has 3 N–H and O–H groups in total. The topological polar surface area (TPSA) is 157 Å². The Hall–Kier alpha value is -6.21. The average Bonchev–Trinajstić information content (AvgIpc) is 3.67. The first-order chi connectivity index (χ1) is 31.7. The molecule has 4 aromatic carbocycles. The van der Waals surface area contributed by atoms with E-state index in [9.17, 15) is 14.4 Å². The molecule has 2 aliphatic heterocycles. The van der Waals surface area contributed by atoms with Gasteiger partial charge in [-0.2, -0.15) is 0 Å². The van der Waals surface area contributed by atoms with Crippen LogP contribution in [0.5, 0.6) is 0 Å². The summed E-state index contributed by atoms with van der Waals surface area (Å²) in [5.41, 5.74) is 13.3. The summed E-state index contributed by atoms with van der Waals surface area (Å²) in [5, 5.41) is 4.57. The van der Waals surface area contributed by atoms with Crippen molar-refractivity contribution >= 4 is 41.1 Å². The summed E-state index contributed by atoms with van der Waals surface area (Å²) in [6, 6.07) is 35.4. The number of ether oxygens (including phenoxy) is 1. The predicted octanol–water partition coefficient (Wildman–Crippen LogP) is 8.68. The Bertz CT molecular complexity index is 2510. The van der Waals surface area contributed by atoms with Crippen molar-refractivity contribution < 1.29 is 19.1 Å². The van der Waals surface area contributed by atoms with E-state index in [1.807, 2.05) is 71.6 Å². The van der Waals surface area contributed by atoms with Crippen molar-refractivity contribution in [2.45, 2.75) is 56.5 Å². The van der Waals surface area contributed by atoms with E-state index in [1.165, 1.54) is 22.3 Å². The number of alkyl carbamates (subject to hydrolysis) is 1. The van der Waals surface area contributed by atoms with Crippen LogP contribution in [0.2, 0.25) is 10.0 Å². The van der Waals surface area contributed by atoms with Crippen LogP contribution in [0.25, 0.3) is 11.1 Å². The van der Waals surface area contributed by atoms with Gasteiger partial charge in [-0.05, 0) is 120 Å². The number of carbonyl (C=O) groups excluding carboxylic acids is 3. The monoisotopic (exact) mass is 910 g/mol. The van der Waals surface area contributed by atoms with Crippen LogP contribution < -0.4 is 11.1 Å². The summed E-state index contributed by atoms with van der Waals surface area (Å²) in [4.78, 5) is 58.4. The second-order valence-electron chi connectivity index (χ2n) is 16.8. The summed E-state index contributed by atoms with van der Waals surface area (Å²) in [7, 11) is 0. The molecule has 65 heavy (non-hydrogen) atoms. The van der Waals surface area contributed by atoms with E-state index in [1.54, 1.807) is 41.8 Å². The number of fused-ring (bicyclic) bond motifs is 3. The van der Waals surface area contributed by atoms with Crippen molar-refractivity contribution in [1.82, 2.24) is 35.1 Å². The third kappa shape index (κ3) is 11.6. The molecule has 1 unspecified atom stereocenters. The number of rotatable bonds is 11. The summed E-state index contributed by atoms with van der Waals surface area (Å²) in [5.74, 6) is 0.767. The standard InChI is InChI=1S/C33H31ClN4O3.C18H21ClN4O/c34-24-8-5-7-22(19-24)20-30(23-13-17-38(18-14-23)32(39)31-35-15-6-16-36-31)37-33(40)41-21-29-27-11-3-1-9-25(27)26-10-2-4-12-28(26)29;19-15-4-1-3-13(11-15)12-16(20)14-5-9-23(10-6-14)18(24)17-21-7-2-8-22-17/h1-12,15-16,19,23,29-30H,13-14,17-18,20-21H2,(H,37,40);1-4,7-8,11,14,16H,5-6,9-10,12,20H2/t;16-/m.1/s1.